The zero-order chi connectivity index (χ0) is 23.2. The van der Waals surface area contributed by atoms with Crippen LogP contribution in [0.1, 0.15) is 55.6 Å². The number of carboxylic acid groups (broad SMARTS) is 1. The lowest BCUT2D eigenvalue weighted by atomic mass is 9.89. The second kappa shape index (κ2) is 10.2. The predicted octanol–water partition coefficient (Wildman–Crippen LogP) is 4.06. The van der Waals surface area contributed by atoms with E-state index in [0.717, 1.165) is 6.42 Å². The minimum absolute atomic E-state index is 0.0395. The molecular weight excluding hydrogens is 416 g/mol. The quantitative estimate of drug-likeness (QED) is 0.504. The number of nitrogens with one attached hydrogen (secondary N) is 1. The zero-order valence-corrected chi connectivity index (χ0v) is 19.4. The fourth-order valence-corrected chi connectivity index (χ4v) is 4.55. The number of aromatic carboxylic acids is 1. The zero-order valence-electron chi connectivity index (χ0n) is 18.6. The maximum atomic E-state index is 13.2. The van der Waals surface area contributed by atoms with Gasteiger partial charge in [-0.15, -0.1) is 0 Å². The molecule has 0 heterocycles. The second-order valence-electron chi connectivity index (χ2n) is 8.55. The van der Waals surface area contributed by atoms with Crippen molar-refractivity contribution in [3.05, 3.63) is 53.1 Å². The molecule has 0 amide bonds. The van der Waals surface area contributed by atoms with Crippen molar-refractivity contribution in [1.29, 1.82) is 0 Å². The van der Waals surface area contributed by atoms with Crippen LogP contribution in [0.2, 0.25) is 0 Å². The van der Waals surface area contributed by atoms with Crippen LogP contribution in [0.4, 0.5) is 5.69 Å². The molecule has 7 nitrogen and oxygen atoms in total. The third-order valence-electron chi connectivity index (χ3n) is 4.85. The molecule has 0 saturated heterocycles. The van der Waals surface area contributed by atoms with Crippen LogP contribution >= 0.6 is 0 Å². The standard InChI is InChI=1S/C23H32N2O5S/c1-5-16-10-11-18(20(22(26)27)21(16)30-15-14-24)25-31(28,29)19-9-7-6-8-17(19)12-13-23(2,3)4/h6-11,25H,5,12-15,24H2,1-4H3,(H,26,27). The minimum atomic E-state index is -4.02. The van der Waals surface area contributed by atoms with Gasteiger partial charge in [0.05, 0.1) is 10.6 Å². The van der Waals surface area contributed by atoms with Crippen molar-refractivity contribution in [3.63, 3.8) is 0 Å². The summed E-state index contributed by atoms with van der Waals surface area (Å²) in [5.74, 6) is -1.14. The Hall–Kier alpha value is -2.58. The fourth-order valence-electron chi connectivity index (χ4n) is 3.21. The van der Waals surface area contributed by atoms with Crippen molar-refractivity contribution in [2.45, 2.75) is 51.9 Å². The van der Waals surface area contributed by atoms with Crippen LogP contribution in [-0.4, -0.2) is 32.6 Å². The molecule has 4 N–H and O–H groups in total. The fraction of sp³-hybridized carbons (Fsp3) is 0.435. The van der Waals surface area contributed by atoms with Crippen molar-refractivity contribution in [1.82, 2.24) is 0 Å². The molecular formula is C23H32N2O5S. The molecule has 0 fully saturated rings. The van der Waals surface area contributed by atoms with Gasteiger partial charge in [0, 0.05) is 6.54 Å². The predicted molar refractivity (Wildman–Crippen MR) is 122 cm³/mol. The van der Waals surface area contributed by atoms with Crippen LogP contribution in [0, 0.1) is 5.41 Å². The van der Waals surface area contributed by atoms with Crippen LogP contribution < -0.4 is 15.2 Å². The largest absolute Gasteiger partial charge is 0.491 e. The molecule has 0 aliphatic heterocycles. The highest BCUT2D eigenvalue weighted by Gasteiger charge is 2.26. The molecule has 0 aliphatic carbocycles. The van der Waals surface area contributed by atoms with Gasteiger partial charge in [-0.3, -0.25) is 4.72 Å². The van der Waals surface area contributed by atoms with Crippen molar-refractivity contribution < 1.29 is 23.1 Å². The third-order valence-corrected chi connectivity index (χ3v) is 6.31. The summed E-state index contributed by atoms with van der Waals surface area (Å²) in [5.41, 5.74) is 6.64. The summed E-state index contributed by atoms with van der Waals surface area (Å²) in [6, 6.07) is 9.91. The summed E-state index contributed by atoms with van der Waals surface area (Å²) < 4.78 is 34.5. The van der Waals surface area contributed by atoms with E-state index < -0.39 is 16.0 Å². The first-order valence-electron chi connectivity index (χ1n) is 10.3. The molecule has 0 bridgehead atoms. The topological polar surface area (TPSA) is 119 Å². The van der Waals surface area contributed by atoms with Gasteiger partial charge in [-0.25, -0.2) is 13.2 Å². The molecule has 8 heteroatoms. The van der Waals surface area contributed by atoms with E-state index in [1.165, 1.54) is 12.1 Å². The van der Waals surface area contributed by atoms with Gasteiger partial charge in [0.1, 0.15) is 17.9 Å². The first-order chi connectivity index (χ1) is 14.5. The number of anilines is 1. The van der Waals surface area contributed by atoms with Crippen LogP contribution in [-0.2, 0) is 22.9 Å². The molecule has 2 aromatic rings. The Morgan fingerprint density at radius 2 is 1.81 bits per heavy atom. The normalized spacial score (nSPS) is 11.9. The van der Waals surface area contributed by atoms with E-state index in [0.29, 0.717) is 24.0 Å². The number of benzene rings is 2. The maximum absolute atomic E-state index is 13.2. The summed E-state index contributed by atoms with van der Waals surface area (Å²) in [7, 11) is -4.02. The number of sulfonamides is 1. The van der Waals surface area contributed by atoms with E-state index in [1.807, 2.05) is 6.92 Å². The highest BCUT2D eigenvalue weighted by molar-refractivity contribution is 7.92. The average molecular weight is 449 g/mol. The molecule has 0 unspecified atom stereocenters. The van der Waals surface area contributed by atoms with Crippen molar-refractivity contribution in [2.24, 2.45) is 11.1 Å². The van der Waals surface area contributed by atoms with E-state index in [1.54, 1.807) is 24.3 Å². The number of hydrogen-bond donors (Lipinski definition) is 3. The number of hydrogen-bond acceptors (Lipinski definition) is 5. The van der Waals surface area contributed by atoms with E-state index in [2.05, 4.69) is 25.5 Å². The van der Waals surface area contributed by atoms with Crippen molar-refractivity contribution >= 4 is 21.7 Å². The first kappa shape index (κ1) is 24.7. The van der Waals surface area contributed by atoms with Gasteiger partial charge in [-0.2, -0.15) is 0 Å². The summed E-state index contributed by atoms with van der Waals surface area (Å²) in [5, 5.41) is 9.82. The lowest BCUT2D eigenvalue weighted by molar-refractivity contribution is 0.0693. The highest BCUT2D eigenvalue weighted by atomic mass is 32.2. The molecule has 0 radical (unpaired) electrons. The van der Waals surface area contributed by atoms with E-state index in [-0.39, 0.29) is 40.5 Å². The minimum Gasteiger partial charge on any atom is -0.491 e. The average Bonchev–Trinajstić information content (AvgIpc) is 2.69. The van der Waals surface area contributed by atoms with Gasteiger partial charge in [0.15, 0.2) is 0 Å². The summed E-state index contributed by atoms with van der Waals surface area (Å²) in [6.07, 6.45) is 1.93. The van der Waals surface area contributed by atoms with Crippen LogP contribution in [0.25, 0.3) is 0 Å². The monoisotopic (exact) mass is 448 g/mol. The molecule has 31 heavy (non-hydrogen) atoms. The molecule has 0 aromatic heterocycles. The van der Waals surface area contributed by atoms with Crippen LogP contribution in [0.5, 0.6) is 5.75 Å². The lowest BCUT2D eigenvalue weighted by Gasteiger charge is -2.20. The Labute approximate surface area is 184 Å². The smallest absolute Gasteiger partial charge is 0.341 e. The molecule has 170 valence electrons. The van der Waals surface area contributed by atoms with Gasteiger partial charge in [-0.05, 0) is 47.9 Å². The number of carboxylic acids is 1. The van der Waals surface area contributed by atoms with Gasteiger partial charge >= 0.3 is 5.97 Å². The highest BCUT2D eigenvalue weighted by Crippen LogP contribution is 2.33. The maximum Gasteiger partial charge on any atom is 0.341 e. The van der Waals surface area contributed by atoms with Crippen molar-refractivity contribution in [3.8, 4) is 5.75 Å². The van der Waals surface area contributed by atoms with Crippen molar-refractivity contribution in [2.75, 3.05) is 17.9 Å². The Bertz CT molecular complexity index is 1030. The van der Waals surface area contributed by atoms with E-state index in [4.69, 9.17) is 10.5 Å². The molecule has 2 aromatic carbocycles. The number of rotatable bonds is 10. The summed E-state index contributed by atoms with van der Waals surface area (Å²) in [4.78, 5) is 12.2. The van der Waals surface area contributed by atoms with Crippen LogP contribution in [0.3, 0.4) is 0 Å². The van der Waals surface area contributed by atoms with Gasteiger partial charge < -0.3 is 15.6 Å². The Morgan fingerprint density at radius 1 is 1.13 bits per heavy atom. The van der Waals surface area contributed by atoms with Gasteiger partial charge in [-0.1, -0.05) is 52.0 Å². The second-order valence-corrected chi connectivity index (χ2v) is 10.2. The molecule has 0 aliphatic rings. The summed E-state index contributed by atoms with van der Waals surface area (Å²) in [6.45, 7) is 8.49. The number of ether oxygens (including phenoxy) is 1. The molecule has 0 spiro atoms. The Morgan fingerprint density at radius 3 is 2.39 bits per heavy atom. The lowest BCUT2D eigenvalue weighted by Crippen LogP contribution is -2.19. The Kier molecular flexibility index (Phi) is 8.08. The number of carbonyl (C=O) groups is 1. The van der Waals surface area contributed by atoms with Crippen LogP contribution in [0.15, 0.2) is 41.3 Å². The van der Waals surface area contributed by atoms with E-state index >= 15 is 0 Å². The van der Waals surface area contributed by atoms with Gasteiger partial charge in [0.25, 0.3) is 10.0 Å². The third kappa shape index (κ3) is 6.45. The summed E-state index contributed by atoms with van der Waals surface area (Å²) >= 11 is 0. The number of nitrogens with two attached hydrogens (primary N) is 1. The molecule has 2 rings (SSSR count). The Balaban J connectivity index is 2.50. The first-order valence-corrected chi connectivity index (χ1v) is 11.8. The van der Waals surface area contributed by atoms with Gasteiger partial charge in [0.2, 0.25) is 0 Å². The van der Waals surface area contributed by atoms with E-state index in [9.17, 15) is 18.3 Å². The SMILES string of the molecule is CCc1ccc(NS(=O)(=O)c2ccccc2CCC(C)(C)C)c(C(=O)O)c1OCCN. The number of aryl methyl sites for hydroxylation is 2. The molecule has 0 atom stereocenters. The molecule has 0 saturated carbocycles.